The zero-order valence-electron chi connectivity index (χ0n) is 6.78. The third-order valence-corrected chi connectivity index (χ3v) is 2.57. The molecule has 0 aromatic carbocycles. The summed E-state index contributed by atoms with van der Waals surface area (Å²) in [4.78, 5) is 10.6. The SMILES string of the molecule is O=C(O)C1CC2(CCCO2)CO1. The monoisotopic (exact) mass is 172 g/mol. The third kappa shape index (κ3) is 1.21. The van der Waals surface area contributed by atoms with E-state index in [-0.39, 0.29) is 5.60 Å². The van der Waals surface area contributed by atoms with Gasteiger partial charge in [-0.2, -0.15) is 0 Å². The zero-order chi connectivity index (χ0) is 8.60. The number of ether oxygens (including phenoxy) is 2. The molecular weight excluding hydrogens is 160 g/mol. The van der Waals surface area contributed by atoms with Crippen molar-refractivity contribution in [3.63, 3.8) is 0 Å². The van der Waals surface area contributed by atoms with Crippen LogP contribution >= 0.6 is 0 Å². The second-order valence-electron chi connectivity index (χ2n) is 3.48. The van der Waals surface area contributed by atoms with Crippen molar-refractivity contribution < 1.29 is 19.4 Å². The molecule has 68 valence electrons. The zero-order valence-corrected chi connectivity index (χ0v) is 6.78. The Morgan fingerprint density at radius 2 is 2.42 bits per heavy atom. The summed E-state index contributed by atoms with van der Waals surface area (Å²) in [6, 6.07) is 0. The molecule has 2 aliphatic heterocycles. The molecule has 2 saturated heterocycles. The quantitative estimate of drug-likeness (QED) is 0.622. The number of rotatable bonds is 1. The van der Waals surface area contributed by atoms with Gasteiger partial charge < -0.3 is 14.6 Å². The van der Waals surface area contributed by atoms with Crippen LogP contribution in [0.15, 0.2) is 0 Å². The molecule has 2 atom stereocenters. The van der Waals surface area contributed by atoms with E-state index in [0.717, 1.165) is 19.4 Å². The molecule has 1 spiro atoms. The van der Waals surface area contributed by atoms with E-state index in [9.17, 15) is 4.79 Å². The smallest absolute Gasteiger partial charge is 0.332 e. The summed E-state index contributed by atoms with van der Waals surface area (Å²) in [5.41, 5.74) is -0.261. The number of hydrogen-bond donors (Lipinski definition) is 1. The molecule has 0 bridgehead atoms. The summed E-state index contributed by atoms with van der Waals surface area (Å²) in [6.45, 7) is 1.19. The van der Waals surface area contributed by atoms with Gasteiger partial charge in [0.1, 0.15) is 0 Å². The normalized spacial score (nSPS) is 40.8. The van der Waals surface area contributed by atoms with Gasteiger partial charge in [-0.3, -0.25) is 0 Å². The lowest BCUT2D eigenvalue weighted by Gasteiger charge is -2.18. The highest BCUT2D eigenvalue weighted by Gasteiger charge is 2.46. The predicted molar refractivity (Wildman–Crippen MR) is 39.9 cm³/mol. The van der Waals surface area contributed by atoms with E-state index in [1.807, 2.05) is 0 Å². The Balaban J connectivity index is 2.01. The van der Waals surface area contributed by atoms with Crippen LogP contribution in [-0.4, -0.2) is 36.0 Å². The fourth-order valence-corrected chi connectivity index (χ4v) is 1.90. The highest BCUT2D eigenvalue weighted by molar-refractivity contribution is 5.72. The average molecular weight is 172 g/mol. The van der Waals surface area contributed by atoms with Crippen LogP contribution in [-0.2, 0) is 14.3 Å². The van der Waals surface area contributed by atoms with Crippen LogP contribution in [0.2, 0.25) is 0 Å². The van der Waals surface area contributed by atoms with E-state index < -0.39 is 12.1 Å². The first-order chi connectivity index (χ1) is 5.72. The largest absolute Gasteiger partial charge is 0.479 e. The summed E-state index contributed by atoms with van der Waals surface area (Å²) in [5, 5.41) is 8.68. The maximum absolute atomic E-state index is 10.6. The van der Waals surface area contributed by atoms with Gasteiger partial charge in [-0.25, -0.2) is 4.79 Å². The minimum atomic E-state index is -0.873. The maximum atomic E-state index is 10.6. The first-order valence-corrected chi connectivity index (χ1v) is 4.20. The van der Waals surface area contributed by atoms with Crippen molar-refractivity contribution >= 4 is 5.97 Å². The van der Waals surface area contributed by atoms with Gasteiger partial charge in [-0.05, 0) is 12.8 Å². The number of carboxylic acids is 1. The minimum absolute atomic E-state index is 0.261. The second-order valence-corrected chi connectivity index (χ2v) is 3.48. The Hall–Kier alpha value is -0.610. The summed E-state index contributed by atoms with van der Waals surface area (Å²) >= 11 is 0. The van der Waals surface area contributed by atoms with Crippen LogP contribution in [0.5, 0.6) is 0 Å². The number of carbonyl (C=O) groups is 1. The first-order valence-electron chi connectivity index (χ1n) is 4.20. The second kappa shape index (κ2) is 2.71. The van der Waals surface area contributed by atoms with Gasteiger partial charge in [0.15, 0.2) is 6.10 Å². The molecule has 2 aliphatic rings. The van der Waals surface area contributed by atoms with Crippen LogP contribution in [0.1, 0.15) is 19.3 Å². The van der Waals surface area contributed by atoms with Gasteiger partial charge in [0.05, 0.1) is 12.2 Å². The Kier molecular flexibility index (Phi) is 1.81. The van der Waals surface area contributed by atoms with E-state index in [0.29, 0.717) is 13.0 Å². The van der Waals surface area contributed by atoms with Gasteiger partial charge in [-0.15, -0.1) is 0 Å². The molecule has 2 heterocycles. The topological polar surface area (TPSA) is 55.8 Å². The maximum Gasteiger partial charge on any atom is 0.332 e. The minimum Gasteiger partial charge on any atom is -0.479 e. The molecule has 0 radical (unpaired) electrons. The molecule has 0 saturated carbocycles. The summed E-state index contributed by atoms with van der Waals surface area (Å²) in [6.07, 6.45) is 1.83. The number of carboxylic acid groups (broad SMARTS) is 1. The average Bonchev–Trinajstić information content (AvgIpc) is 2.62. The van der Waals surface area contributed by atoms with Crippen molar-refractivity contribution in [1.29, 1.82) is 0 Å². The molecule has 4 nitrogen and oxygen atoms in total. The Morgan fingerprint density at radius 1 is 1.58 bits per heavy atom. The summed E-state index contributed by atoms with van der Waals surface area (Å²) in [5.74, 6) is -0.873. The third-order valence-electron chi connectivity index (χ3n) is 2.57. The summed E-state index contributed by atoms with van der Waals surface area (Å²) < 4.78 is 10.6. The standard InChI is InChI=1S/C8H12O4/c9-7(10)6-4-8(5-11-6)2-1-3-12-8/h6H,1-5H2,(H,9,10). The fourth-order valence-electron chi connectivity index (χ4n) is 1.90. The Morgan fingerprint density at radius 3 is 2.92 bits per heavy atom. The molecular formula is C8H12O4. The molecule has 1 N–H and O–H groups in total. The molecule has 0 aromatic heterocycles. The van der Waals surface area contributed by atoms with Crippen LogP contribution in [0.3, 0.4) is 0 Å². The highest BCUT2D eigenvalue weighted by atomic mass is 16.6. The van der Waals surface area contributed by atoms with Crippen molar-refractivity contribution in [1.82, 2.24) is 0 Å². The number of aliphatic carboxylic acids is 1. The lowest BCUT2D eigenvalue weighted by Crippen LogP contribution is -2.29. The van der Waals surface area contributed by atoms with Crippen LogP contribution in [0.25, 0.3) is 0 Å². The van der Waals surface area contributed by atoms with Crippen LogP contribution < -0.4 is 0 Å². The Bertz CT molecular complexity index is 195. The molecule has 2 rings (SSSR count). The van der Waals surface area contributed by atoms with Crippen molar-refractivity contribution in [2.75, 3.05) is 13.2 Å². The molecule has 4 heteroatoms. The lowest BCUT2D eigenvalue weighted by atomic mass is 9.97. The van der Waals surface area contributed by atoms with Crippen molar-refractivity contribution in [3.8, 4) is 0 Å². The van der Waals surface area contributed by atoms with Gasteiger partial charge in [0, 0.05) is 13.0 Å². The molecule has 0 amide bonds. The van der Waals surface area contributed by atoms with Crippen LogP contribution in [0.4, 0.5) is 0 Å². The number of hydrogen-bond acceptors (Lipinski definition) is 3. The summed E-state index contributed by atoms with van der Waals surface area (Å²) in [7, 11) is 0. The van der Waals surface area contributed by atoms with Crippen LogP contribution in [0, 0.1) is 0 Å². The predicted octanol–water partition coefficient (Wildman–Crippen LogP) is 0.409. The molecule has 2 fully saturated rings. The van der Waals surface area contributed by atoms with Crippen molar-refractivity contribution in [2.45, 2.75) is 31.0 Å². The lowest BCUT2D eigenvalue weighted by molar-refractivity contribution is -0.147. The molecule has 12 heavy (non-hydrogen) atoms. The molecule has 0 aliphatic carbocycles. The van der Waals surface area contributed by atoms with E-state index in [1.165, 1.54) is 0 Å². The molecule has 2 unspecified atom stereocenters. The highest BCUT2D eigenvalue weighted by Crippen LogP contribution is 2.36. The van der Waals surface area contributed by atoms with Crippen molar-refractivity contribution in [2.24, 2.45) is 0 Å². The van der Waals surface area contributed by atoms with E-state index in [4.69, 9.17) is 14.6 Å². The first kappa shape index (κ1) is 8.01. The van der Waals surface area contributed by atoms with E-state index in [1.54, 1.807) is 0 Å². The van der Waals surface area contributed by atoms with E-state index in [2.05, 4.69) is 0 Å². The van der Waals surface area contributed by atoms with Crippen molar-refractivity contribution in [3.05, 3.63) is 0 Å². The van der Waals surface area contributed by atoms with Gasteiger partial charge >= 0.3 is 5.97 Å². The van der Waals surface area contributed by atoms with Gasteiger partial charge in [-0.1, -0.05) is 0 Å². The van der Waals surface area contributed by atoms with Gasteiger partial charge in [0.2, 0.25) is 0 Å². The molecule has 0 aromatic rings. The van der Waals surface area contributed by atoms with E-state index >= 15 is 0 Å². The fraction of sp³-hybridized carbons (Fsp3) is 0.875. The van der Waals surface area contributed by atoms with Gasteiger partial charge in [0.25, 0.3) is 0 Å². The Labute approximate surface area is 70.5 Å².